The van der Waals surface area contributed by atoms with E-state index < -0.39 is 0 Å². The van der Waals surface area contributed by atoms with Gasteiger partial charge in [-0.25, -0.2) is 4.68 Å². The lowest BCUT2D eigenvalue weighted by molar-refractivity contribution is 0.102. The van der Waals surface area contributed by atoms with Gasteiger partial charge in [-0.1, -0.05) is 26.0 Å². The number of amides is 1. The van der Waals surface area contributed by atoms with E-state index in [1.807, 2.05) is 41.1 Å². The minimum atomic E-state index is -0.149. The molecule has 112 valence electrons. The van der Waals surface area contributed by atoms with E-state index in [4.69, 9.17) is 0 Å². The molecule has 0 aliphatic heterocycles. The molecule has 0 radical (unpaired) electrons. The zero-order valence-corrected chi connectivity index (χ0v) is 12.7. The first kappa shape index (κ1) is 14.3. The molecule has 0 aliphatic carbocycles. The van der Waals surface area contributed by atoms with E-state index in [1.165, 1.54) is 0 Å². The van der Waals surface area contributed by atoms with Crippen LogP contribution in [0.25, 0.3) is 10.9 Å². The number of nitrogens with zero attached hydrogens (tertiary/aromatic N) is 3. The molecule has 5 heteroatoms. The average Bonchev–Trinajstić information content (AvgIpc) is 2.93. The highest BCUT2D eigenvalue weighted by atomic mass is 16.1. The van der Waals surface area contributed by atoms with Crippen molar-refractivity contribution in [2.75, 3.05) is 5.32 Å². The fourth-order valence-corrected chi connectivity index (χ4v) is 2.42. The van der Waals surface area contributed by atoms with Crippen LogP contribution in [0.1, 0.15) is 24.2 Å². The van der Waals surface area contributed by atoms with Crippen LogP contribution < -0.4 is 5.32 Å². The Bertz CT molecular complexity index is 802. The predicted octanol–water partition coefficient (Wildman–Crippen LogP) is 3.34. The smallest absolute Gasteiger partial charge is 0.257 e. The van der Waals surface area contributed by atoms with E-state index in [2.05, 4.69) is 29.2 Å². The van der Waals surface area contributed by atoms with E-state index in [0.29, 0.717) is 17.3 Å². The molecule has 0 saturated carbocycles. The van der Waals surface area contributed by atoms with Crippen LogP contribution >= 0.6 is 0 Å². The van der Waals surface area contributed by atoms with Crippen LogP contribution in [0.4, 0.5) is 5.82 Å². The summed E-state index contributed by atoms with van der Waals surface area (Å²) in [7, 11) is 0. The number of hydrogen-bond donors (Lipinski definition) is 1. The molecule has 3 aromatic rings. The molecule has 0 unspecified atom stereocenters. The van der Waals surface area contributed by atoms with Crippen molar-refractivity contribution >= 4 is 22.6 Å². The van der Waals surface area contributed by atoms with Crippen molar-refractivity contribution in [1.29, 1.82) is 0 Å². The SMILES string of the molecule is CC(C)Cn1nccc1NC(=O)c1cccc2ncccc12. The fraction of sp³-hybridized carbons (Fsp3) is 0.235. The average molecular weight is 294 g/mol. The molecular formula is C17H18N4O. The van der Waals surface area contributed by atoms with Gasteiger partial charge in [0.1, 0.15) is 5.82 Å². The Morgan fingerprint density at radius 3 is 2.86 bits per heavy atom. The molecule has 5 nitrogen and oxygen atoms in total. The molecule has 3 rings (SSSR count). The van der Waals surface area contributed by atoms with E-state index in [9.17, 15) is 4.79 Å². The fourth-order valence-electron chi connectivity index (χ4n) is 2.42. The summed E-state index contributed by atoms with van der Waals surface area (Å²) in [6.45, 7) is 4.99. The molecule has 1 aromatic carbocycles. The highest BCUT2D eigenvalue weighted by Crippen LogP contribution is 2.18. The number of carbonyl (C=O) groups is 1. The first-order valence-corrected chi connectivity index (χ1v) is 7.32. The summed E-state index contributed by atoms with van der Waals surface area (Å²) in [4.78, 5) is 16.9. The predicted molar refractivity (Wildman–Crippen MR) is 86.8 cm³/mol. The molecular weight excluding hydrogens is 276 g/mol. The van der Waals surface area contributed by atoms with E-state index in [1.54, 1.807) is 12.4 Å². The van der Waals surface area contributed by atoms with Gasteiger partial charge in [0.15, 0.2) is 0 Å². The first-order chi connectivity index (χ1) is 10.6. The molecule has 0 aliphatic rings. The highest BCUT2D eigenvalue weighted by molar-refractivity contribution is 6.12. The molecule has 2 heterocycles. The quantitative estimate of drug-likeness (QED) is 0.803. The van der Waals surface area contributed by atoms with Crippen LogP contribution in [0.3, 0.4) is 0 Å². The number of aromatic nitrogens is 3. The van der Waals surface area contributed by atoms with Crippen molar-refractivity contribution in [1.82, 2.24) is 14.8 Å². The second-order valence-electron chi connectivity index (χ2n) is 5.62. The van der Waals surface area contributed by atoms with Crippen LogP contribution in [0, 0.1) is 5.92 Å². The largest absolute Gasteiger partial charge is 0.307 e. The van der Waals surface area contributed by atoms with Crippen molar-refractivity contribution < 1.29 is 4.79 Å². The van der Waals surface area contributed by atoms with Crippen LogP contribution in [-0.4, -0.2) is 20.7 Å². The lowest BCUT2D eigenvalue weighted by Gasteiger charge is -2.11. The van der Waals surface area contributed by atoms with Gasteiger partial charge in [-0.2, -0.15) is 5.10 Å². The summed E-state index contributed by atoms with van der Waals surface area (Å²) in [5.41, 5.74) is 1.42. The van der Waals surface area contributed by atoms with Gasteiger partial charge in [-0.05, 0) is 24.1 Å². The minimum Gasteiger partial charge on any atom is -0.307 e. The van der Waals surface area contributed by atoms with Gasteiger partial charge in [0.25, 0.3) is 5.91 Å². The Morgan fingerprint density at radius 1 is 1.18 bits per heavy atom. The van der Waals surface area contributed by atoms with Gasteiger partial charge in [0, 0.05) is 29.8 Å². The summed E-state index contributed by atoms with van der Waals surface area (Å²) in [5.74, 6) is 1.01. The second-order valence-corrected chi connectivity index (χ2v) is 5.62. The number of rotatable bonds is 4. The second kappa shape index (κ2) is 5.97. The topological polar surface area (TPSA) is 59.8 Å². The van der Waals surface area contributed by atoms with Crippen molar-refractivity contribution in [3.8, 4) is 0 Å². The molecule has 22 heavy (non-hydrogen) atoms. The maximum absolute atomic E-state index is 12.6. The molecule has 0 spiro atoms. The number of fused-ring (bicyclic) bond motifs is 1. The Balaban J connectivity index is 1.90. The maximum Gasteiger partial charge on any atom is 0.257 e. The van der Waals surface area contributed by atoms with Crippen LogP contribution in [-0.2, 0) is 6.54 Å². The Morgan fingerprint density at radius 2 is 2.05 bits per heavy atom. The van der Waals surface area contributed by atoms with Crippen LogP contribution in [0.5, 0.6) is 0 Å². The molecule has 1 N–H and O–H groups in total. The monoisotopic (exact) mass is 294 g/mol. The van der Waals surface area contributed by atoms with Crippen molar-refractivity contribution in [3.05, 3.63) is 54.4 Å². The molecule has 0 fully saturated rings. The molecule has 1 amide bonds. The zero-order chi connectivity index (χ0) is 15.5. The molecule has 0 bridgehead atoms. The van der Waals surface area contributed by atoms with Gasteiger partial charge in [0.05, 0.1) is 11.7 Å². The number of benzene rings is 1. The Labute approximate surface area is 129 Å². The number of nitrogens with one attached hydrogen (secondary N) is 1. The summed E-state index contributed by atoms with van der Waals surface area (Å²) in [6, 6.07) is 11.1. The van der Waals surface area contributed by atoms with Gasteiger partial charge in [0.2, 0.25) is 0 Å². The summed E-state index contributed by atoms with van der Waals surface area (Å²) < 4.78 is 1.81. The number of anilines is 1. The third-order valence-electron chi connectivity index (χ3n) is 3.39. The van der Waals surface area contributed by atoms with E-state index in [0.717, 1.165) is 17.4 Å². The third-order valence-corrected chi connectivity index (χ3v) is 3.39. The first-order valence-electron chi connectivity index (χ1n) is 7.32. The van der Waals surface area contributed by atoms with E-state index in [-0.39, 0.29) is 5.91 Å². The lowest BCUT2D eigenvalue weighted by Crippen LogP contribution is -2.17. The Hall–Kier alpha value is -2.69. The van der Waals surface area contributed by atoms with Crippen LogP contribution in [0.15, 0.2) is 48.8 Å². The van der Waals surface area contributed by atoms with Crippen molar-refractivity contribution in [2.24, 2.45) is 5.92 Å². The molecule has 0 saturated heterocycles. The molecule has 2 aromatic heterocycles. The molecule has 0 atom stereocenters. The minimum absolute atomic E-state index is 0.149. The van der Waals surface area contributed by atoms with E-state index >= 15 is 0 Å². The van der Waals surface area contributed by atoms with Gasteiger partial charge >= 0.3 is 0 Å². The zero-order valence-electron chi connectivity index (χ0n) is 12.7. The lowest BCUT2D eigenvalue weighted by atomic mass is 10.1. The highest BCUT2D eigenvalue weighted by Gasteiger charge is 2.13. The third kappa shape index (κ3) is 2.83. The standard InChI is InChI=1S/C17H18N4O/c1-12(2)11-21-16(8-10-19-21)20-17(22)14-5-3-7-15-13(14)6-4-9-18-15/h3-10,12H,11H2,1-2H3,(H,20,22). The maximum atomic E-state index is 12.6. The van der Waals surface area contributed by atoms with Gasteiger partial charge < -0.3 is 5.32 Å². The Kier molecular flexibility index (Phi) is 3.87. The van der Waals surface area contributed by atoms with Gasteiger partial charge in [-0.15, -0.1) is 0 Å². The number of hydrogen-bond acceptors (Lipinski definition) is 3. The summed E-state index contributed by atoms with van der Waals surface area (Å²) in [6.07, 6.45) is 3.42. The van der Waals surface area contributed by atoms with Crippen LogP contribution in [0.2, 0.25) is 0 Å². The number of carbonyl (C=O) groups excluding carboxylic acids is 1. The van der Waals surface area contributed by atoms with Gasteiger partial charge in [-0.3, -0.25) is 9.78 Å². The summed E-state index contributed by atoms with van der Waals surface area (Å²) >= 11 is 0. The van der Waals surface area contributed by atoms with Crippen molar-refractivity contribution in [2.45, 2.75) is 20.4 Å². The number of pyridine rings is 1. The summed E-state index contributed by atoms with van der Waals surface area (Å²) in [5, 5.41) is 8.04. The normalized spacial score (nSPS) is 11.0. The van der Waals surface area contributed by atoms with Crippen molar-refractivity contribution in [3.63, 3.8) is 0 Å².